The van der Waals surface area contributed by atoms with E-state index in [1.807, 2.05) is 30.3 Å². The lowest BCUT2D eigenvalue weighted by atomic mass is 10.1. The molecule has 110 valence electrons. The zero-order valence-electron chi connectivity index (χ0n) is 11.6. The van der Waals surface area contributed by atoms with Crippen LogP contribution in [-0.4, -0.2) is 35.0 Å². The van der Waals surface area contributed by atoms with Gasteiger partial charge >= 0.3 is 0 Å². The van der Waals surface area contributed by atoms with Crippen molar-refractivity contribution in [3.63, 3.8) is 0 Å². The number of carbonyl (C=O) groups excluding carboxylic acids is 2. The summed E-state index contributed by atoms with van der Waals surface area (Å²) in [5, 5.41) is 8.41. The fraction of sp³-hybridized carbons (Fsp3) is 0.429. The van der Waals surface area contributed by atoms with Gasteiger partial charge < -0.3 is 10.6 Å². The van der Waals surface area contributed by atoms with Gasteiger partial charge in [0, 0.05) is 20.0 Å². The smallest absolute Gasteiger partial charge is 0.260 e. The number of amides is 2. The first-order chi connectivity index (χ1) is 9.54. The zero-order chi connectivity index (χ0) is 15.0. The topological polar surface area (TPSA) is 95.7 Å². The van der Waals surface area contributed by atoms with Crippen molar-refractivity contribution in [3.8, 4) is 0 Å². The molecule has 6 heteroatoms. The van der Waals surface area contributed by atoms with Gasteiger partial charge in [-0.2, -0.15) is 0 Å². The Kier molecular flexibility index (Phi) is 6.69. The molecule has 1 aromatic rings. The van der Waals surface area contributed by atoms with E-state index < -0.39 is 11.9 Å². The number of nitrogens with zero attached hydrogens (tertiary/aromatic N) is 1. The van der Waals surface area contributed by atoms with Gasteiger partial charge in [0.15, 0.2) is 0 Å². The van der Waals surface area contributed by atoms with E-state index in [0.29, 0.717) is 25.8 Å². The van der Waals surface area contributed by atoms with Gasteiger partial charge in [-0.25, -0.2) is 5.48 Å². The molecule has 0 unspecified atom stereocenters. The van der Waals surface area contributed by atoms with Crippen molar-refractivity contribution >= 4 is 11.8 Å². The van der Waals surface area contributed by atoms with E-state index in [1.54, 1.807) is 11.9 Å². The van der Waals surface area contributed by atoms with Crippen LogP contribution in [0.15, 0.2) is 30.3 Å². The van der Waals surface area contributed by atoms with Crippen molar-refractivity contribution in [2.75, 3.05) is 7.05 Å². The molecule has 4 N–H and O–H groups in total. The van der Waals surface area contributed by atoms with Gasteiger partial charge in [-0.15, -0.1) is 0 Å². The standard InChI is InChI=1S/C14H21N3O3/c1-17(10-11-6-3-2-4-7-11)13(18)9-5-8-12(15)14(19)16-20/h2-4,6-7,12,20H,5,8-10,15H2,1H3,(H,16,19)/t12-/m0/s1. The van der Waals surface area contributed by atoms with Gasteiger partial charge in [0.05, 0.1) is 6.04 Å². The molecule has 0 bridgehead atoms. The normalized spacial score (nSPS) is 11.8. The Hall–Kier alpha value is -1.92. The third kappa shape index (κ3) is 5.38. The molecule has 0 fully saturated rings. The maximum Gasteiger partial charge on any atom is 0.260 e. The third-order valence-electron chi connectivity index (χ3n) is 3.04. The van der Waals surface area contributed by atoms with Gasteiger partial charge in [0.25, 0.3) is 5.91 Å². The Labute approximate surface area is 118 Å². The molecule has 0 saturated carbocycles. The highest BCUT2D eigenvalue weighted by Crippen LogP contribution is 2.07. The highest BCUT2D eigenvalue weighted by Gasteiger charge is 2.14. The summed E-state index contributed by atoms with van der Waals surface area (Å²) in [4.78, 5) is 24.5. The summed E-state index contributed by atoms with van der Waals surface area (Å²) in [6.45, 7) is 0.558. The van der Waals surface area contributed by atoms with E-state index in [1.165, 1.54) is 5.48 Å². The molecule has 0 aliphatic carbocycles. The van der Waals surface area contributed by atoms with Crippen molar-refractivity contribution in [2.24, 2.45) is 5.73 Å². The third-order valence-corrected chi connectivity index (χ3v) is 3.04. The molecule has 6 nitrogen and oxygen atoms in total. The largest absolute Gasteiger partial charge is 0.341 e. The number of nitrogens with two attached hydrogens (primary N) is 1. The Morgan fingerprint density at radius 2 is 2.00 bits per heavy atom. The Bertz CT molecular complexity index is 437. The summed E-state index contributed by atoms with van der Waals surface area (Å²) in [6.07, 6.45) is 1.19. The number of carbonyl (C=O) groups is 2. The number of hydrogen-bond acceptors (Lipinski definition) is 4. The SMILES string of the molecule is CN(Cc1ccccc1)C(=O)CCC[C@H](N)C(=O)NO. The van der Waals surface area contributed by atoms with Crippen LogP contribution in [0.2, 0.25) is 0 Å². The lowest BCUT2D eigenvalue weighted by molar-refractivity contribution is -0.132. The lowest BCUT2D eigenvalue weighted by Crippen LogP contribution is -2.39. The van der Waals surface area contributed by atoms with Gasteiger partial charge in [0.2, 0.25) is 5.91 Å². The van der Waals surface area contributed by atoms with Crippen molar-refractivity contribution < 1.29 is 14.8 Å². The highest BCUT2D eigenvalue weighted by molar-refractivity contribution is 5.80. The first kappa shape index (κ1) is 16.1. The Morgan fingerprint density at radius 1 is 1.35 bits per heavy atom. The van der Waals surface area contributed by atoms with Crippen molar-refractivity contribution in [3.05, 3.63) is 35.9 Å². The second kappa shape index (κ2) is 8.29. The molecular formula is C14H21N3O3. The maximum absolute atomic E-state index is 11.9. The second-order valence-corrected chi connectivity index (χ2v) is 4.71. The molecule has 1 rings (SSSR count). The molecule has 0 heterocycles. The number of benzene rings is 1. The Balaban J connectivity index is 2.30. The van der Waals surface area contributed by atoms with E-state index in [0.717, 1.165) is 5.56 Å². The predicted octanol–water partition coefficient (Wildman–Crippen LogP) is 0.648. The fourth-order valence-corrected chi connectivity index (χ4v) is 1.82. The van der Waals surface area contributed by atoms with Gasteiger partial charge in [-0.05, 0) is 18.4 Å². The van der Waals surface area contributed by atoms with Crippen LogP contribution in [-0.2, 0) is 16.1 Å². The zero-order valence-corrected chi connectivity index (χ0v) is 11.6. The average molecular weight is 279 g/mol. The quantitative estimate of drug-likeness (QED) is 0.504. The summed E-state index contributed by atoms with van der Waals surface area (Å²) in [7, 11) is 1.75. The highest BCUT2D eigenvalue weighted by atomic mass is 16.5. The molecule has 1 aromatic carbocycles. The first-order valence-corrected chi connectivity index (χ1v) is 6.52. The molecular weight excluding hydrogens is 258 g/mol. The number of hydroxylamine groups is 1. The van der Waals surface area contributed by atoms with Crippen molar-refractivity contribution in [1.82, 2.24) is 10.4 Å². The summed E-state index contributed by atoms with van der Waals surface area (Å²) in [5.74, 6) is -0.624. The molecule has 0 aliphatic rings. The number of rotatable bonds is 7. The van der Waals surface area contributed by atoms with E-state index in [-0.39, 0.29) is 5.91 Å². The van der Waals surface area contributed by atoms with E-state index in [9.17, 15) is 9.59 Å². The summed E-state index contributed by atoms with van der Waals surface area (Å²) < 4.78 is 0. The molecule has 0 radical (unpaired) electrons. The lowest BCUT2D eigenvalue weighted by Gasteiger charge is -2.17. The number of hydrogen-bond donors (Lipinski definition) is 3. The van der Waals surface area contributed by atoms with Crippen LogP contribution in [0.5, 0.6) is 0 Å². The van der Waals surface area contributed by atoms with Crippen molar-refractivity contribution in [1.29, 1.82) is 0 Å². The molecule has 0 aromatic heterocycles. The second-order valence-electron chi connectivity index (χ2n) is 4.71. The molecule has 0 saturated heterocycles. The summed E-state index contributed by atoms with van der Waals surface area (Å²) >= 11 is 0. The van der Waals surface area contributed by atoms with Crippen molar-refractivity contribution in [2.45, 2.75) is 31.8 Å². The van der Waals surface area contributed by atoms with Crippen LogP contribution < -0.4 is 11.2 Å². The number of nitrogens with one attached hydrogen (secondary N) is 1. The van der Waals surface area contributed by atoms with Gasteiger partial charge in [-0.1, -0.05) is 30.3 Å². The predicted molar refractivity (Wildman–Crippen MR) is 74.7 cm³/mol. The van der Waals surface area contributed by atoms with Crippen LogP contribution in [0.1, 0.15) is 24.8 Å². The molecule has 20 heavy (non-hydrogen) atoms. The monoisotopic (exact) mass is 279 g/mol. The van der Waals surface area contributed by atoms with Crippen LogP contribution in [0.3, 0.4) is 0 Å². The first-order valence-electron chi connectivity index (χ1n) is 6.52. The molecule has 0 spiro atoms. The molecule has 0 aliphatic heterocycles. The van der Waals surface area contributed by atoms with Gasteiger partial charge in [0.1, 0.15) is 0 Å². The summed E-state index contributed by atoms with van der Waals surface area (Å²) in [5.41, 5.74) is 8.08. The van der Waals surface area contributed by atoms with Crippen LogP contribution >= 0.6 is 0 Å². The minimum Gasteiger partial charge on any atom is -0.341 e. The van der Waals surface area contributed by atoms with Crippen LogP contribution in [0.25, 0.3) is 0 Å². The van der Waals surface area contributed by atoms with Gasteiger partial charge in [-0.3, -0.25) is 14.8 Å². The average Bonchev–Trinajstić information content (AvgIpc) is 2.47. The maximum atomic E-state index is 11.9. The molecule has 2 amide bonds. The molecule has 1 atom stereocenters. The Morgan fingerprint density at radius 3 is 2.60 bits per heavy atom. The van der Waals surface area contributed by atoms with E-state index in [2.05, 4.69) is 0 Å². The minimum atomic E-state index is -0.785. The van der Waals surface area contributed by atoms with E-state index >= 15 is 0 Å². The minimum absolute atomic E-state index is 0.00506. The van der Waals surface area contributed by atoms with E-state index in [4.69, 9.17) is 10.9 Å². The van der Waals surface area contributed by atoms with Crippen LogP contribution in [0, 0.1) is 0 Å². The van der Waals surface area contributed by atoms with Crippen LogP contribution in [0.4, 0.5) is 0 Å². The fourth-order valence-electron chi connectivity index (χ4n) is 1.82. The summed E-state index contributed by atoms with van der Waals surface area (Å²) in [6, 6.07) is 8.93.